The number of rotatable bonds is 6. The minimum atomic E-state index is -0.0493. The molecule has 1 aromatic carbocycles. The molecule has 1 rings (SSSR count). The Hall–Kier alpha value is -0.500. The van der Waals surface area contributed by atoms with Crippen LogP contribution in [0.1, 0.15) is 24.2 Å². The van der Waals surface area contributed by atoms with Gasteiger partial charge in [0.1, 0.15) is 5.56 Å². The van der Waals surface area contributed by atoms with Gasteiger partial charge in [-0.1, -0.05) is 37.0 Å². The van der Waals surface area contributed by atoms with E-state index in [0.717, 1.165) is 6.16 Å². The van der Waals surface area contributed by atoms with Crippen LogP contribution in [0, 0.1) is 5.92 Å². The highest BCUT2D eigenvalue weighted by molar-refractivity contribution is 7.58. The van der Waals surface area contributed by atoms with Crippen LogP contribution in [0.2, 0.25) is 10.0 Å². The van der Waals surface area contributed by atoms with Crippen LogP contribution in [-0.4, -0.2) is 25.9 Å². The van der Waals surface area contributed by atoms with Gasteiger partial charge < -0.3 is 9.47 Å². The zero-order valence-corrected chi connectivity index (χ0v) is 13.9. The smallest absolute Gasteiger partial charge is 0.188 e. The summed E-state index contributed by atoms with van der Waals surface area (Å²) in [5, 5.41) is 0.622. The molecule has 6 heteroatoms. The molecule has 0 radical (unpaired) electrons. The van der Waals surface area contributed by atoms with Crippen molar-refractivity contribution in [2.45, 2.75) is 13.8 Å². The summed E-state index contributed by atoms with van der Waals surface area (Å²) in [6, 6.07) is 1.52. The predicted molar refractivity (Wildman–Crippen MR) is 81.9 cm³/mol. The first-order chi connectivity index (χ1) is 8.92. The van der Waals surface area contributed by atoms with Gasteiger partial charge in [0.15, 0.2) is 17.0 Å². The van der Waals surface area contributed by atoms with Crippen molar-refractivity contribution in [3.05, 3.63) is 21.7 Å². The van der Waals surface area contributed by atoms with E-state index in [0.29, 0.717) is 33.0 Å². The van der Waals surface area contributed by atoms with Crippen molar-refractivity contribution in [2.24, 2.45) is 5.92 Å². The largest absolute Gasteiger partial charge is 0.494 e. The lowest BCUT2D eigenvalue weighted by Crippen LogP contribution is -2.04. The summed E-state index contributed by atoms with van der Waals surface area (Å²) in [4.78, 5) is 12.3. The molecule has 19 heavy (non-hydrogen) atoms. The second-order valence-electron chi connectivity index (χ2n) is 4.39. The van der Waals surface area contributed by atoms with Crippen molar-refractivity contribution in [3.63, 3.8) is 0 Å². The molecule has 0 heterocycles. The highest BCUT2D eigenvalue weighted by atomic mass is 35.5. The summed E-state index contributed by atoms with van der Waals surface area (Å²) in [6.45, 7) is 4.14. The second kappa shape index (κ2) is 7.33. The maximum Gasteiger partial charge on any atom is 0.188 e. The zero-order chi connectivity index (χ0) is 14.6. The van der Waals surface area contributed by atoms with Gasteiger partial charge in [-0.15, -0.1) is 0 Å². The Morgan fingerprint density at radius 2 is 1.68 bits per heavy atom. The normalized spacial score (nSPS) is 11.3. The molecule has 3 nitrogen and oxygen atoms in total. The van der Waals surface area contributed by atoms with E-state index in [9.17, 15) is 4.79 Å². The molecule has 1 unspecified atom stereocenters. The molecule has 0 aliphatic heterocycles. The number of benzene rings is 1. The SMILES string of the molecule is COc1c(Cl)cc(Cl)c(OC)c1C(=O)PCC(C)C. The molecule has 0 fully saturated rings. The third kappa shape index (κ3) is 3.98. The Labute approximate surface area is 125 Å². The molecular formula is C13H17Cl2O3P. The molecule has 0 saturated heterocycles. The summed E-state index contributed by atoms with van der Waals surface area (Å²) in [5.74, 6) is 1.10. The van der Waals surface area contributed by atoms with E-state index in [1.54, 1.807) is 0 Å². The first-order valence-corrected chi connectivity index (χ1v) is 7.76. The van der Waals surface area contributed by atoms with Gasteiger partial charge in [-0.05, 0) is 26.7 Å². The van der Waals surface area contributed by atoms with Crippen molar-refractivity contribution < 1.29 is 14.3 Å². The molecule has 0 spiro atoms. The summed E-state index contributed by atoms with van der Waals surface area (Å²) in [7, 11) is 3.08. The van der Waals surface area contributed by atoms with E-state index in [1.165, 1.54) is 20.3 Å². The number of hydrogen-bond acceptors (Lipinski definition) is 3. The Bertz CT molecular complexity index is 447. The van der Waals surface area contributed by atoms with Crippen LogP contribution < -0.4 is 9.47 Å². The fraction of sp³-hybridized carbons (Fsp3) is 0.462. The fourth-order valence-corrected chi connectivity index (χ4v) is 3.19. The molecule has 0 aliphatic rings. The van der Waals surface area contributed by atoms with Gasteiger partial charge in [0.25, 0.3) is 0 Å². The van der Waals surface area contributed by atoms with E-state index in [2.05, 4.69) is 13.8 Å². The Kier molecular flexibility index (Phi) is 6.38. The lowest BCUT2D eigenvalue weighted by atomic mass is 10.2. The van der Waals surface area contributed by atoms with Crippen LogP contribution in [0.25, 0.3) is 0 Å². The Balaban J connectivity index is 3.25. The quantitative estimate of drug-likeness (QED) is 0.724. The summed E-state index contributed by atoms with van der Waals surface area (Å²) in [6.07, 6.45) is 0.815. The topological polar surface area (TPSA) is 35.5 Å². The van der Waals surface area contributed by atoms with Gasteiger partial charge >= 0.3 is 0 Å². The third-order valence-corrected chi connectivity index (χ3v) is 4.60. The molecule has 1 aromatic rings. The standard InChI is InChI=1S/C13H17Cl2O3P/c1-7(2)6-19-13(16)10-11(17-3)8(14)5-9(15)12(10)18-4/h5,7,19H,6H2,1-4H3. The molecular weight excluding hydrogens is 306 g/mol. The molecule has 0 aliphatic carbocycles. The lowest BCUT2D eigenvalue weighted by molar-refractivity contribution is 0.107. The molecule has 0 bridgehead atoms. The van der Waals surface area contributed by atoms with Gasteiger partial charge in [-0.2, -0.15) is 0 Å². The zero-order valence-electron chi connectivity index (χ0n) is 11.3. The molecule has 106 valence electrons. The Morgan fingerprint density at radius 1 is 1.21 bits per heavy atom. The van der Waals surface area contributed by atoms with Gasteiger partial charge in [0, 0.05) is 0 Å². The second-order valence-corrected chi connectivity index (χ2v) is 6.42. The van der Waals surface area contributed by atoms with Crippen LogP contribution >= 0.6 is 31.8 Å². The van der Waals surface area contributed by atoms with Crippen molar-refractivity contribution in [1.82, 2.24) is 0 Å². The van der Waals surface area contributed by atoms with Crippen LogP contribution in [0.3, 0.4) is 0 Å². The van der Waals surface area contributed by atoms with Crippen LogP contribution in [0.15, 0.2) is 6.07 Å². The lowest BCUT2D eigenvalue weighted by Gasteiger charge is -2.15. The first kappa shape index (κ1) is 16.6. The highest BCUT2D eigenvalue weighted by Gasteiger charge is 2.24. The molecule has 0 N–H and O–H groups in total. The number of methoxy groups -OCH3 is 2. The first-order valence-electron chi connectivity index (χ1n) is 5.80. The van der Waals surface area contributed by atoms with Crippen LogP contribution in [-0.2, 0) is 0 Å². The van der Waals surface area contributed by atoms with Crippen LogP contribution in [0.4, 0.5) is 0 Å². The maximum absolute atomic E-state index is 12.3. The van der Waals surface area contributed by atoms with Crippen molar-refractivity contribution in [1.29, 1.82) is 0 Å². The third-order valence-electron chi connectivity index (χ3n) is 2.45. The van der Waals surface area contributed by atoms with Gasteiger partial charge in [0.05, 0.1) is 24.3 Å². The number of halogens is 2. The number of ether oxygens (including phenoxy) is 2. The van der Waals surface area contributed by atoms with Gasteiger partial charge in [0.2, 0.25) is 0 Å². The molecule has 0 amide bonds. The van der Waals surface area contributed by atoms with Crippen molar-refractivity contribution in [3.8, 4) is 11.5 Å². The highest BCUT2D eigenvalue weighted by Crippen LogP contribution is 2.43. The number of carbonyl (C=O) groups is 1. The molecule has 0 saturated carbocycles. The summed E-state index contributed by atoms with van der Waals surface area (Å²) >= 11 is 12.1. The minimum absolute atomic E-state index is 0.0493. The maximum atomic E-state index is 12.3. The fourth-order valence-electron chi connectivity index (χ4n) is 1.57. The molecule has 0 aromatic heterocycles. The Morgan fingerprint density at radius 3 is 2.05 bits per heavy atom. The molecule has 1 atom stereocenters. The summed E-state index contributed by atoms with van der Waals surface area (Å²) in [5.41, 5.74) is 0.285. The predicted octanol–water partition coefficient (Wildman–Crippen LogP) is 4.49. The summed E-state index contributed by atoms with van der Waals surface area (Å²) < 4.78 is 10.4. The van der Waals surface area contributed by atoms with E-state index in [4.69, 9.17) is 32.7 Å². The van der Waals surface area contributed by atoms with Crippen molar-refractivity contribution in [2.75, 3.05) is 20.4 Å². The van der Waals surface area contributed by atoms with E-state index >= 15 is 0 Å². The monoisotopic (exact) mass is 322 g/mol. The van der Waals surface area contributed by atoms with Gasteiger partial charge in [-0.25, -0.2) is 0 Å². The van der Waals surface area contributed by atoms with Crippen molar-refractivity contribution >= 4 is 37.3 Å². The minimum Gasteiger partial charge on any atom is -0.494 e. The van der Waals surface area contributed by atoms with E-state index in [-0.39, 0.29) is 14.1 Å². The van der Waals surface area contributed by atoms with E-state index < -0.39 is 0 Å². The number of carbonyl (C=O) groups excluding carboxylic acids is 1. The van der Waals surface area contributed by atoms with E-state index in [1.807, 2.05) is 0 Å². The average molecular weight is 323 g/mol. The number of hydrogen-bond donors (Lipinski definition) is 0. The van der Waals surface area contributed by atoms with Gasteiger partial charge in [-0.3, -0.25) is 4.79 Å². The average Bonchev–Trinajstić information content (AvgIpc) is 2.35. The van der Waals surface area contributed by atoms with Crippen LogP contribution in [0.5, 0.6) is 11.5 Å².